The molecule has 1 aliphatic rings. The Morgan fingerprint density at radius 2 is 2.15 bits per heavy atom. The molecule has 4 nitrogen and oxygen atoms in total. The summed E-state index contributed by atoms with van der Waals surface area (Å²) in [6, 6.07) is 2.55. The third-order valence-electron chi connectivity index (χ3n) is 3.49. The van der Waals surface area contributed by atoms with E-state index >= 15 is 0 Å². The molecule has 20 heavy (non-hydrogen) atoms. The summed E-state index contributed by atoms with van der Waals surface area (Å²) in [5, 5.41) is 3.02. The van der Waals surface area contributed by atoms with Crippen LogP contribution >= 0.6 is 0 Å². The van der Waals surface area contributed by atoms with Crippen molar-refractivity contribution in [3.8, 4) is 0 Å². The summed E-state index contributed by atoms with van der Waals surface area (Å²) in [6.45, 7) is 1.46. The maximum atomic E-state index is 13.7. The lowest BCUT2D eigenvalue weighted by molar-refractivity contribution is 0.262. The van der Waals surface area contributed by atoms with Crippen molar-refractivity contribution in [2.75, 3.05) is 26.7 Å². The van der Waals surface area contributed by atoms with Crippen molar-refractivity contribution in [2.24, 2.45) is 5.92 Å². The van der Waals surface area contributed by atoms with Gasteiger partial charge in [0.25, 0.3) is 0 Å². The Morgan fingerprint density at radius 1 is 1.40 bits per heavy atom. The quantitative estimate of drug-likeness (QED) is 0.919. The standard InChI is InChI=1S/C13H18F2N2O2S/c1-16-8-10-3-2-6-17(9-10)20(18,19)13-5-4-11(14)7-12(13)15/h4-5,7,10,16H,2-3,6,8-9H2,1H3. The van der Waals surface area contributed by atoms with Gasteiger partial charge in [-0.05, 0) is 44.5 Å². The van der Waals surface area contributed by atoms with Gasteiger partial charge in [0, 0.05) is 19.2 Å². The number of sulfonamides is 1. The Morgan fingerprint density at radius 3 is 2.80 bits per heavy atom. The van der Waals surface area contributed by atoms with Gasteiger partial charge >= 0.3 is 0 Å². The van der Waals surface area contributed by atoms with E-state index in [2.05, 4.69) is 5.32 Å². The van der Waals surface area contributed by atoms with E-state index in [0.717, 1.165) is 31.5 Å². The molecule has 1 atom stereocenters. The molecule has 1 unspecified atom stereocenters. The lowest BCUT2D eigenvalue weighted by Gasteiger charge is -2.31. The minimum Gasteiger partial charge on any atom is -0.319 e. The van der Waals surface area contributed by atoms with Crippen molar-refractivity contribution in [3.05, 3.63) is 29.8 Å². The highest BCUT2D eigenvalue weighted by atomic mass is 32.2. The summed E-state index contributed by atoms with van der Waals surface area (Å²) in [5.41, 5.74) is 0. The molecule has 1 aliphatic heterocycles. The highest BCUT2D eigenvalue weighted by molar-refractivity contribution is 7.89. The number of rotatable bonds is 4. The zero-order chi connectivity index (χ0) is 14.8. The maximum absolute atomic E-state index is 13.7. The van der Waals surface area contributed by atoms with Gasteiger partial charge in [-0.3, -0.25) is 0 Å². The molecule has 0 amide bonds. The summed E-state index contributed by atoms with van der Waals surface area (Å²) in [5.74, 6) is -1.61. The summed E-state index contributed by atoms with van der Waals surface area (Å²) in [4.78, 5) is -0.455. The van der Waals surface area contributed by atoms with E-state index in [9.17, 15) is 17.2 Å². The normalized spacial score (nSPS) is 21.1. The van der Waals surface area contributed by atoms with Crippen LogP contribution in [0, 0.1) is 17.6 Å². The molecule has 0 aliphatic carbocycles. The number of benzene rings is 1. The minimum absolute atomic E-state index is 0.215. The molecule has 0 spiro atoms. The van der Waals surface area contributed by atoms with Crippen molar-refractivity contribution in [3.63, 3.8) is 0 Å². The molecule has 0 radical (unpaired) electrons. The van der Waals surface area contributed by atoms with Crippen molar-refractivity contribution < 1.29 is 17.2 Å². The highest BCUT2D eigenvalue weighted by Crippen LogP contribution is 2.25. The van der Waals surface area contributed by atoms with Gasteiger partial charge in [0.15, 0.2) is 0 Å². The van der Waals surface area contributed by atoms with Crippen LogP contribution < -0.4 is 5.32 Å². The molecule has 1 aromatic carbocycles. The van der Waals surface area contributed by atoms with E-state index in [0.29, 0.717) is 19.2 Å². The van der Waals surface area contributed by atoms with Gasteiger partial charge < -0.3 is 5.32 Å². The van der Waals surface area contributed by atoms with Crippen LogP contribution in [0.5, 0.6) is 0 Å². The highest BCUT2D eigenvalue weighted by Gasteiger charge is 2.31. The Labute approximate surface area is 117 Å². The minimum atomic E-state index is -3.90. The first kappa shape index (κ1) is 15.3. The average Bonchev–Trinajstić information content (AvgIpc) is 2.39. The maximum Gasteiger partial charge on any atom is 0.245 e. The fraction of sp³-hybridized carbons (Fsp3) is 0.538. The Balaban J connectivity index is 2.25. The lowest BCUT2D eigenvalue weighted by Crippen LogP contribution is -2.42. The van der Waals surface area contributed by atoms with E-state index in [-0.39, 0.29) is 5.92 Å². The molecule has 1 heterocycles. The fourth-order valence-corrected chi connectivity index (χ4v) is 4.12. The number of hydrogen-bond acceptors (Lipinski definition) is 3. The van der Waals surface area contributed by atoms with Gasteiger partial charge in [-0.2, -0.15) is 4.31 Å². The average molecular weight is 304 g/mol. The first-order chi connectivity index (χ1) is 9.45. The predicted molar refractivity (Wildman–Crippen MR) is 71.8 cm³/mol. The summed E-state index contributed by atoms with van der Waals surface area (Å²) >= 11 is 0. The fourth-order valence-electron chi connectivity index (χ4n) is 2.52. The summed E-state index contributed by atoms with van der Waals surface area (Å²) < 4.78 is 52.7. The Kier molecular flexibility index (Phi) is 4.72. The van der Waals surface area contributed by atoms with E-state index in [1.54, 1.807) is 0 Å². The van der Waals surface area contributed by atoms with E-state index < -0.39 is 26.6 Å². The zero-order valence-electron chi connectivity index (χ0n) is 11.3. The van der Waals surface area contributed by atoms with Crippen LogP contribution in [-0.2, 0) is 10.0 Å². The molecule has 112 valence electrons. The largest absolute Gasteiger partial charge is 0.319 e. The van der Waals surface area contributed by atoms with E-state index in [4.69, 9.17) is 0 Å². The zero-order valence-corrected chi connectivity index (χ0v) is 12.1. The molecule has 2 rings (SSSR count). The van der Waals surface area contributed by atoms with Crippen molar-refractivity contribution >= 4 is 10.0 Å². The molecular weight excluding hydrogens is 286 g/mol. The number of nitrogens with one attached hydrogen (secondary N) is 1. The van der Waals surface area contributed by atoms with Crippen LogP contribution in [0.3, 0.4) is 0 Å². The number of nitrogens with zero attached hydrogens (tertiary/aromatic N) is 1. The third kappa shape index (κ3) is 3.16. The molecule has 0 aromatic heterocycles. The van der Waals surface area contributed by atoms with Gasteiger partial charge in [-0.1, -0.05) is 0 Å². The smallest absolute Gasteiger partial charge is 0.245 e. The Hall–Kier alpha value is -1.05. The molecule has 1 N–H and O–H groups in total. The summed E-state index contributed by atoms with van der Waals surface area (Å²) in [6.07, 6.45) is 1.69. The monoisotopic (exact) mass is 304 g/mol. The van der Waals surface area contributed by atoms with Crippen molar-refractivity contribution in [1.82, 2.24) is 9.62 Å². The van der Waals surface area contributed by atoms with E-state index in [1.165, 1.54) is 4.31 Å². The van der Waals surface area contributed by atoms with Crippen LogP contribution in [0.25, 0.3) is 0 Å². The van der Waals surface area contributed by atoms with Gasteiger partial charge in [0.1, 0.15) is 16.5 Å². The molecular formula is C13H18F2N2O2S. The van der Waals surface area contributed by atoms with Gasteiger partial charge in [-0.15, -0.1) is 0 Å². The number of halogens is 2. The second-order valence-corrected chi connectivity index (χ2v) is 6.91. The van der Waals surface area contributed by atoms with Crippen LogP contribution in [0.4, 0.5) is 8.78 Å². The molecule has 7 heteroatoms. The van der Waals surface area contributed by atoms with Crippen molar-refractivity contribution in [1.29, 1.82) is 0 Å². The number of piperidine rings is 1. The van der Waals surface area contributed by atoms with E-state index in [1.807, 2.05) is 7.05 Å². The van der Waals surface area contributed by atoms with Gasteiger partial charge in [0.05, 0.1) is 0 Å². The lowest BCUT2D eigenvalue weighted by atomic mass is 10.00. The van der Waals surface area contributed by atoms with Crippen LogP contribution in [0.15, 0.2) is 23.1 Å². The summed E-state index contributed by atoms with van der Waals surface area (Å²) in [7, 11) is -2.08. The first-order valence-corrected chi connectivity index (χ1v) is 7.99. The van der Waals surface area contributed by atoms with Crippen LogP contribution in [0.2, 0.25) is 0 Å². The third-order valence-corrected chi connectivity index (χ3v) is 5.38. The Bertz CT molecular complexity index is 576. The molecule has 1 fully saturated rings. The second kappa shape index (κ2) is 6.15. The molecule has 0 bridgehead atoms. The van der Waals surface area contributed by atoms with Gasteiger partial charge in [-0.25, -0.2) is 17.2 Å². The predicted octanol–water partition coefficient (Wildman–Crippen LogP) is 1.58. The SMILES string of the molecule is CNCC1CCCN(S(=O)(=O)c2ccc(F)cc2F)C1. The first-order valence-electron chi connectivity index (χ1n) is 6.55. The van der Waals surface area contributed by atoms with Crippen LogP contribution in [-0.4, -0.2) is 39.4 Å². The number of hydrogen-bond donors (Lipinski definition) is 1. The van der Waals surface area contributed by atoms with Crippen molar-refractivity contribution in [2.45, 2.75) is 17.7 Å². The second-order valence-electron chi connectivity index (χ2n) is 5.00. The van der Waals surface area contributed by atoms with Gasteiger partial charge in [0.2, 0.25) is 10.0 Å². The topological polar surface area (TPSA) is 49.4 Å². The van der Waals surface area contributed by atoms with Crippen LogP contribution in [0.1, 0.15) is 12.8 Å². The molecule has 0 saturated carbocycles. The molecule has 1 saturated heterocycles. The molecule has 1 aromatic rings.